The van der Waals surface area contributed by atoms with Crippen LogP contribution >= 0.6 is 0 Å². The summed E-state index contributed by atoms with van der Waals surface area (Å²) in [5, 5.41) is 22.5. The summed E-state index contributed by atoms with van der Waals surface area (Å²) in [6.45, 7) is 2.09. The van der Waals surface area contributed by atoms with E-state index in [-0.39, 0.29) is 11.5 Å². The number of ether oxygens (including phenoxy) is 3. The molecular formula is C29H22N4O8. The van der Waals surface area contributed by atoms with E-state index in [0.29, 0.717) is 40.6 Å². The van der Waals surface area contributed by atoms with E-state index in [1.165, 1.54) is 6.07 Å². The molecule has 0 saturated heterocycles. The Kier molecular flexibility index (Phi) is 7.54. The molecule has 0 amide bonds. The van der Waals surface area contributed by atoms with Gasteiger partial charge in [-0.2, -0.15) is 0 Å². The van der Waals surface area contributed by atoms with Gasteiger partial charge in [-0.3, -0.25) is 25.2 Å². The van der Waals surface area contributed by atoms with E-state index in [2.05, 4.69) is 9.98 Å². The van der Waals surface area contributed by atoms with Gasteiger partial charge in [0.25, 0.3) is 5.69 Å². The SMILES string of the molecule is CCOc1cc(C=Nc2ccc3oc(-c4ccc(OC)cc4)nc3c2)ccc1Oc1ccc([N+](=O)[O-])cc1[N+](=O)[O-]. The lowest BCUT2D eigenvalue weighted by molar-refractivity contribution is -0.394. The molecule has 4 aromatic carbocycles. The molecule has 12 nitrogen and oxygen atoms in total. The van der Waals surface area contributed by atoms with Crippen LogP contribution in [0.15, 0.2) is 88.3 Å². The average molecular weight is 555 g/mol. The maximum atomic E-state index is 11.5. The minimum absolute atomic E-state index is 0.155. The summed E-state index contributed by atoms with van der Waals surface area (Å²) in [6.07, 6.45) is 1.63. The van der Waals surface area contributed by atoms with E-state index in [1.54, 1.807) is 56.6 Å². The summed E-state index contributed by atoms with van der Waals surface area (Å²) in [6, 6.07) is 20.9. The minimum Gasteiger partial charge on any atom is -0.497 e. The molecule has 0 atom stereocenters. The maximum absolute atomic E-state index is 11.5. The molecule has 0 spiro atoms. The lowest BCUT2D eigenvalue weighted by Crippen LogP contribution is -1.99. The van der Waals surface area contributed by atoms with E-state index in [0.717, 1.165) is 23.4 Å². The molecule has 0 fully saturated rings. The van der Waals surface area contributed by atoms with Crippen molar-refractivity contribution in [2.24, 2.45) is 4.99 Å². The van der Waals surface area contributed by atoms with Crippen LogP contribution in [0, 0.1) is 20.2 Å². The molecule has 206 valence electrons. The number of fused-ring (bicyclic) bond motifs is 1. The van der Waals surface area contributed by atoms with Crippen LogP contribution in [0.3, 0.4) is 0 Å². The lowest BCUT2D eigenvalue weighted by atomic mass is 10.2. The van der Waals surface area contributed by atoms with Gasteiger partial charge < -0.3 is 18.6 Å². The molecule has 0 bridgehead atoms. The molecule has 1 aromatic heterocycles. The van der Waals surface area contributed by atoms with E-state index in [4.69, 9.17) is 18.6 Å². The predicted molar refractivity (Wildman–Crippen MR) is 151 cm³/mol. The molecule has 0 saturated carbocycles. The van der Waals surface area contributed by atoms with E-state index < -0.39 is 21.2 Å². The summed E-state index contributed by atoms with van der Waals surface area (Å²) in [4.78, 5) is 30.2. The van der Waals surface area contributed by atoms with Crippen molar-refractivity contribution in [3.8, 4) is 34.5 Å². The normalized spacial score (nSPS) is 11.1. The average Bonchev–Trinajstić information content (AvgIpc) is 3.41. The molecule has 0 N–H and O–H groups in total. The van der Waals surface area contributed by atoms with Crippen molar-refractivity contribution in [3.05, 3.63) is 105 Å². The smallest absolute Gasteiger partial charge is 0.318 e. The third-order valence-corrected chi connectivity index (χ3v) is 5.91. The topological polar surface area (TPSA) is 152 Å². The lowest BCUT2D eigenvalue weighted by Gasteiger charge is -2.12. The highest BCUT2D eigenvalue weighted by molar-refractivity contribution is 5.85. The van der Waals surface area contributed by atoms with Gasteiger partial charge in [0.15, 0.2) is 17.1 Å². The van der Waals surface area contributed by atoms with Gasteiger partial charge in [0.1, 0.15) is 11.3 Å². The molecule has 0 aliphatic rings. The van der Waals surface area contributed by atoms with Crippen molar-refractivity contribution in [2.45, 2.75) is 6.92 Å². The van der Waals surface area contributed by atoms with Crippen molar-refractivity contribution in [2.75, 3.05) is 13.7 Å². The van der Waals surface area contributed by atoms with Gasteiger partial charge in [-0.05, 0) is 79.2 Å². The van der Waals surface area contributed by atoms with Crippen molar-refractivity contribution in [3.63, 3.8) is 0 Å². The zero-order valence-corrected chi connectivity index (χ0v) is 21.8. The summed E-state index contributed by atoms with van der Waals surface area (Å²) < 4.78 is 22.5. The molecule has 1 heterocycles. The standard InChI is InChI=1S/C29H22N4O8/c1-3-39-28-14-18(4-11-27(28)40-26-13-8-21(32(34)35)16-24(26)33(36)37)17-30-20-7-12-25-23(15-20)31-29(41-25)19-5-9-22(38-2)10-6-19/h4-17H,3H2,1-2H3. The van der Waals surface area contributed by atoms with E-state index >= 15 is 0 Å². The van der Waals surface area contributed by atoms with E-state index in [1.807, 2.05) is 24.3 Å². The number of aromatic nitrogens is 1. The van der Waals surface area contributed by atoms with Gasteiger partial charge in [0, 0.05) is 17.8 Å². The molecular weight excluding hydrogens is 532 g/mol. The van der Waals surface area contributed by atoms with Gasteiger partial charge in [0.2, 0.25) is 11.6 Å². The molecule has 0 radical (unpaired) electrons. The Morgan fingerprint density at radius 3 is 2.39 bits per heavy atom. The number of hydrogen-bond donors (Lipinski definition) is 0. The largest absolute Gasteiger partial charge is 0.497 e. The number of hydrogen-bond acceptors (Lipinski definition) is 10. The van der Waals surface area contributed by atoms with Crippen LogP contribution in [0.4, 0.5) is 17.1 Å². The van der Waals surface area contributed by atoms with Crippen molar-refractivity contribution >= 4 is 34.4 Å². The minimum atomic E-state index is -0.741. The summed E-state index contributed by atoms with van der Waals surface area (Å²) >= 11 is 0. The van der Waals surface area contributed by atoms with Crippen molar-refractivity contribution in [1.29, 1.82) is 0 Å². The van der Waals surface area contributed by atoms with Crippen LogP contribution < -0.4 is 14.2 Å². The number of nitro benzene ring substituents is 2. The highest BCUT2D eigenvalue weighted by Crippen LogP contribution is 2.38. The van der Waals surface area contributed by atoms with Gasteiger partial charge >= 0.3 is 5.69 Å². The number of nitro groups is 2. The number of non-ortho nitro benzene ring substituents is 1. The fraction of sp³-hybridized carbons (Fsp3) is 0.103. The molecule has 41 heavy (non-hydrogen) atoms. The number of methoxy groups -OCH3 is 1. The Bertz CT molecular complexity index is 1780. The summed E-state index contributed by atoms with van der Waals surface area (Å²) in [7, 11) is 1.60. The van der Waals surface area contributed by atoms with Crippen LogP contribution in [0.25, 0.3) is 22.6 Å². The Balaban J connectivity index is 1.38. The van der Waals surface area contributed by atoms with Crippen molar-refractivity contribution in [1.82, 2.24) is 4.98 Å². The highest BCUT2D eigenvalue weighted by Gasteiger charge is 2.22. The van der Waals surface area contributed by atoms with Crippen LogP contribution in [-0.2, 0) is 0 Å². The Hall–Kier alpha value is -5.78. The van der Waals surface area contributed by atoms with Gasteiger partial charge in [-0.15, -0.1) is 0 Å². The van der Waals surface area contributed by atoms with Crippen LogP contribution in [-0.4, -0.2) is 34.8 Å². The molecule has 0 aliphatic carbocycles. The fourth-order valence-electron chi connectivity index (χ4n) is 3.93. The molecule has 12 heteroatoms. The van der Waals surface area contributed by atoms with Gasteiger partial charge in [-0.25, -0.2) is 4.98 Å². The van der Waals surface area contributed by atoms with Gasteiger partial charge in [0.05, 0.1) is 35.3 Å². The van der Waals surface area contributed by atoms with Crippen LogP contribution in [0.5, 0.6) is 23.0 Å². The molecule has 5 rings (SSSR count). The Morgan fingerprint density at radius 1 is 0.902 bits per heavy atom. The molecule has 0 aliphatic heterocycles. The van der Waals surface area contributed by atoms with Crippen LogP contribution in [0.2, 0.25) is 0 Å². The first kappa shape index (κ1) is 26.8. The second-order valence-electron chi connectivity index (χ2n) is 8.57. The number of benzene rings is 4. The predicted octanol–water partition coefficient (Wildman–Crippen LogP) is 7.26. The first-order valence-electron chi connectivity index (χ1n) is 12.3. The third-order valence-electron chi connectivity index (χ3n) is 5.91. The summed E-state index contributed by atoms with van der Waals surface area (Å²) in [5.41, 5.74) is 2.46. The second-order valence-corrected chi connectivity index (χ2v) is 8.57. The molecule has 5 aromatic rings. The van der Waals surface area contributed by atoms with Gasteiger partial charge in [-0.1, -0.05) is 0 Å². The Labute approximate surface area is 232 Å². The van der Waals surface area contributed by atoms with Crippen molar-refractivity contribution < 1.29 is 28.5 Å². The first-order chi connectivity index (χ1) is 19.8. The number of nitrogens with zero attached hydrogens (tertiary/aromatic N) is 4. The highest BCUT2D eigenvalue weighted by atomic mass is 16.6. The second kappa shape index (κ2) is 11.5. The quantitative estimate of drug-likeness (QED) is 0.0985. The molecule has 0 unspecified atom stereocenters. The zero-order chi connectivity index (χ0) is 28.9. The first-order valence-corrected chi connectivity index (χ1v) is 12.3. The summed E-state index contributed by atoms with van der Waals surface area (Å²) in [5.74, 6) is 1.59. The monoisotopic (exact) mass is 554 g/mol. The van der Waals surface area contributed by atoms with E-state index in [9.17, 15) is 20.2 Å². The number of aliphatic imine (C=N–C) groups is 1. The maximum Gasteiger partial charge on any atom is 0.318 e. The number of rotatable bonds is 10. The third kappa shape index (κ3) is 5.96. The number of oxazole rings is 1. The van der Waals surface area contributed by atoms with Crippen LogP contribution in [0.1, 0.15) is 12.5 Å². The Morgan fingerprint density at radius 2 is 1.68 bits per heavy atom. The fourth-order valence-corrected chi connectivity index (χ4v) is 3.93. The zero-order valence-electron chi connectivity index (χ0n) is 21.8.